The zero-order valence-electron chi connectivity index (χ0n) is 4.92. The first-order valence-electron chi connectivity index (χ1n) is 2.72. The second-order valence-corrected chi connectivity index (χ2v) is 1.98. The SMILES string of the molecule is Oc1cc2[nH]c(O)nc2[nH]1. The molecule has 0 aliphatic carbocycles. The number of H-pyrrole nitrogens is 2. The van der Waals surface area contributed by atoms with Crippen molar-refractivity contribution in [2.45, 2.75) is 0 Å². The number of hydrogen-bond acceptors (Lipinski definition) is 3. The fraction of sp³-hybridized carbons (Fsp3) is 0. The Balaban J connectivity index is 2.83. The van der Waals surface area contributed by atoms with Crippen LogP contribution in [-0.2, 0) is 0 Å². The van der Waals surface area contributed by atoms with Crippen molar-refractivity contribution >= 4 is 11.2 Å². The first kappa shape index (κ1) is 5.16. The number of aromatic amines is 2. The molecule has 0 radical (unpaired) electrons. The minimum Gasteiger partial charge on any atom is -0.494 e. The fourth-order valence-corrected chi connectivity index (χ4v) is 0.868. The van der Waals surface area contributed by atoms with Gasteiger partial charge in [0.2, 0.25) is 0 Å². The molecule has 2 aromatic rings. The maximum atomic E-state index is 8.84. The Kier molecular flexibility index (Phi) is 0.743. The van der Waals surface area contributed by atoms with Crippen LogP contribution in [0.15, 0.2) is 6.07 Å². The smallest absolute Gasteiger partial charge is 0.293 e. The average Bonchev–Trinajstić information content (AvgIpc) is 2.21. The van der Waals surface area contributed by atoms with E-state index in [1.807, 2.05) is 0 Å². The number of nitrogens with zero attached hydrogens (tertiary/aromatic N) is 1. The summed E-state index contributed by atoms with van der Waals surface area (Å²) in [6, 6.07) is 1.29. The number of rotatable bonds is 0. The van der Waals surface area contributed by atoms with E-state index >= 15 is 0 Å². The van der Waals surface area contributed by atoms with Gasteiger partial charge in [-0.2, -0.15) is 4.98 Å². The number of fused-ring (bicyclic) bond motifs is 1. The van der Waals surface area contributed by atoms with E-state index in [0.717, 1.165) is 0 Å². The molecular weight excluding hydrogens is 134 g/mol. The van der Waals surface area contributed by atoms with E-state index < -0.39 is 0 Å². The maximum Gasteiger partial charge on any atom is 0.293 e. The first-order valence-corrected chi connectivity index (χ1v) is 2.72. The highest BCUT2D eigenvalue weighted by atomic mass is 16.3. The standard InChI is InChI=1S/C5H5N3O2/c9-3-1-2-4(7-3)8-5(10)6-2/h1,7,9H,(H2,6,8,10). The van der Waals surface area contributed by atoms with E-state index in [-0.39, 0.29) is 11.9 Å². The highest BCUT2D eigenvalue weighted by molar-refractivity contribution is 5.74. The Labute approximate surface area is 55.3 Å². The van der Waals surface area contributed by atoms with Gasteiger partial charge in [-0.3, -0.25) is 0 Å². The van der Waals surface area contributed by atoms with Gasteiger partial charge in [-0.05, 0) is 0 Å². The molecule has 0 fully saturated rings. The van der Waals surface area contributed by atoms with Crippen molar-refractivity contribution in [2.24, 2.45) is 0 Å². The van der Waals surface area contributed by atoms with Crippen molar-refractivity contribution in [3.05, 3.63) is 6.07 Å². The van der Waals surface area contributed by atoms with Gasteiger partial charge in [0.1, 0.15) is 0 Å². The summed E-state index contributed by atoms with van der Waals surface area (Å²) in [5.41, 5.74) is 1.05. The Morgan fingerprint density at radius 1 is 1.30 bits per heavy atom. The summed E-state index contributed by atoms with van der Waals surface area (Å²) < 4.78 is 0. The number of hydrogen-bond donors (Lipinski definition) is 4. The van der Waals surface area contributed by atoms with Crippen LogP contribution in [-0.4, -0.2) is 25.2 Å². The van der Waals surface area contributed by atoms with Gasteiger partial charge in [-0.1, -0.05) is 0 Å². The molecule has 0 aromatic carbocycles. The number of imidazole rings is 1. The van der Waals surface area contributed by atoms with Gasteiger partial charge < -0.3 is 20.2 Å². The molecule has 10 heavy (non-hydrogen) atoms. The van der Waals surface area contributed by atoms with Crippen LogP contribution in [0.25, 0.3) is 11.2 Å². The van der Waals surface area contributed by atoms with Crippen LogP contribution in [0, 0.1) is 0 Å². The number of aromatic hydroxyl groups is 2. The quantitative estimate of drug-likeness (QED) is 0.423. The molecule has 5 nitrogen and oxygen atoms in total. The number of nitrogens with one attached hydrogen (secondary N) is 2. The van der Waals surface area contributed by atoms with Crippen LogP contribution in [0.3, 0.4) is 0 Å². The minimum absolute atomic E-state index is 0.0359. The zero-order valence-corrected chi connectivity index (χ0v) is 4.92. The Bertz CT molecular complexity index is 299. The van der Waals surface area contributed by atoms with E-state index in [0.29, 0.717) is 11.2 Å². The normalized spacial score (nSPS) is 10.8. The van der Waals surface area contributed by atoms with Crippen molar-refractivity contribution in [1.29, 1.82) is 0 Å². The summed E-state index contributed by atoms with van der Waals surface area (Å²) in [7, 11) is 0. The van der Waals surface area contributed by atoms with E-state index in [4.69, 9.17) is 10.2 Å². The summed E-state index contributed by atoms with van der Waals surface area (Å²) in [5, 5.41) is 17.6. The van der Waals surface area contributed by atoms with Gasteiger partial charge in [0.25, 0.3) is 6.01 Å². The van der Waals surface area contributed by atoms with Crippen molar-refractivity contribution < 1.29 is 10.2 Å². The molecule has 0 bridgehead atoms. The third-order valence-electron chi connectivity index (χ3n) is 1.25. The summed E-state index contributed by atoms with van der Waals surface area (Å²) in [5.74, 6) is 0.0359. The monoisotopic (exact) mass is 139 g/mol. The van der Waals surface area contributed by atoms with Gasteiger partial charge in [0.15, 0.2) is 11.5 Å². The van der Waals surface area contributed by atoms with E-state index in [2.05, 4.69) is 15.0 Å². The number of aromatic nitrogens is 3. The topological polar surface area (TPSA) is 84.9 Å². The van der Waals surface area contributed by atoms with Crippen molar-refractivity contribution in [3.63, 3.8) is 0 Å². The highest BCUT2D eigenvalue weighted by Crippen LogP contribution is 2.18. The average molecular weight is 139 g/mol. The van der Waals surface area contributed by atoms with Crippen LogP contribution in [0.1, 0.15) is 0 Å². The second kappa shape index (κ2) is 1.44. The van der Waals surface area contributed by atoms with E-state index in [1.54, 1.807) is 0 Å². The van der Waals surface area contributed by atoms with Gasteiger partial charge in [-0.15, -0.1) is 0 Å². The van der Waals surface area contributed by atoms with Crippen molar-refractivity contribution in [2.75, 3.05) is 0 Å². The predicted molar refractivity (Wildman–Crippen MR) is 33.8 cm³/mol. The van der Waals surface area contributed by atoms with Crippen LogP contribution >= 0.6 is 0 Å². The van der Waals surface area contributed by atoms with Crippen molar-refractivity contribution in [1.82, 2.24) is 15.0 Å². The molecule has 2 rings (SSSR count). The molecule has 0 aliphatic rings. The molecule has 0 aliphatic heterocycles. The lowest BCUT2D eigenvalue weighted by Crippen LogP contribution is -1.66. The summed E-state index contributed by atoms with van der Waals surface area (Å²) in [6.45, 7) is 0. The Morgan fingerprint density at radius 2 is 2.10 bits per heavy atom. The fourth-order valence-electron chi connectivity index (χ4n) is 0.868. The zero-order chi connectivity index (χ0) is 7.14. The summed E-state index contributed by atoms with van der Waals surface area (Å²) in [6.07, 6.45) is 0. The predicted octanol–water partition coefficient (Wildman–Crippen LogP) is 0.302. The maximum absolute atomic E-state index is 8.84. The molecule has 0 saturated carbocycles. The van der Waals surface area contributed by atoms with E-state index in [9.17, 15) is 0 Å². The molecule has 4 N–H and O–H groups in total. The molecule has 52 valence electrons. The third-order valence-corrected chi connectivity index (χ3v) is 1.25. The molecular formula is C5H5N3O2. The van der Waals surface area contributed by atoms with Crippen molar-refractivity contribution in [3.8, 4) is 11.9 Å². The van der Waals surface area contributed by atoms with Crippen LogP contribution in [0.4, 0.5) is 0 Å². The van der Waals surface area contributed by atoms with Crippen LogP contribution in [0.5, 0.6) is 11.9 Å². The third kappa shape index (κ3) is 0.540. The molecule has 2 aromatic heterocycles. The van der Waals surface area contributed by atoms with Gasteiger partial charge in [0, 0.05) is 6.07 Å². The second-order valence-electron chi connectivity index (χ2n) is 1.98. The van der Waals surface area contributed by atoms with Gasteiger partial charge in [-0.25, -0.2) is 0 Å². The molecule has 0 amide bonds. The largest absolute Gasteiger partial charge is 0.494 e. The summed E-state index contributed by atoms with van der Waals surface area (Å²) >= 11 is 0. The summed E-state index contributed by atoms with van der Waals surface area (Å²) in [4.78, 5) is 8.68. The van der Waals surface area contributed by atoms with Crippen LogP contribution < -0.4 is 0 Å². The molecule has 0 saturated heterocycles. The molecule has 2 heterocycles. The van der Waals surface area contributed by atoms with Crippen LogP contribution in [0.2, 0.25) is 0 Å². The molecule has 0 atom stereocenters. The lowest BCUT2D eigenvalue weighted by Gasteiger charge is -1.77. The lowest BCUT2D eigenvalue weighted by molar-refractivity contribution is 0.436. The van der Waals surface area contributed by atoms with Gasteiger partial charge >= 0.3 is 0 Å². The molecule has 5 heteroatoms. The Morgan fingerprint density at radius 3 is 2.80 bits per heavy atom. The first-order chi connectivity index (χ1) is 4.75. The molecule has 0 unspecified atom stereocenters. The van der Waals surface area contributed by atoms with E-state index in [1.165, 1.54) is 6.07 Å². The van der Waals surface area contributed by atoms with Gasteiger partial charge in [0.05, 0.1) is 5.52 Å². The Hall–Kier alpha value is -1.65. The highest BCUT2D eigenvalue weighted by Gasteiger charge is 2.03. The molecule has 0 spiro atoms. The lowest BCUT2D eigenvalue weighted by atomic mass is 10.6. The minimum atomic E-state index is -0.152.